The molecule has 1 aromatic heterocycles. The largest absolute Gasteiger partial charge is 0.310 e. The van der Waals surface area contributed by atoms with Crippen LogP contribution in [0.15, 0.2) is 12.1 Å². The van der Waals surface area contributed by atoms with Crippen LogP contribution in [0.5, 0.6) is 0 Å². The van der Waals surface area contributed by atoms with Crippen LogP contribution in [0.2, 0.25) is 0 Å². The molecular weight excluding hydrogens is 196 g/mol. The molecule has 1 heterocycles. The van der Waals surface area contributed by atoms with Gasteiger partial charge in [0.15, 0.2) is 0 Å². The number of nitrogens with zero attached hydrogens (tertiary/aromatic N) is 2. The lowest BCUT2D eigenvalue weighted by molar-refractivity contribution is -0.0132. The smallest absolute Gasteiger partial charge is 0.107 e. The Morgan fingerprint density at radius 3 is 2.50 bits per heavy atom. The van der Waals surface area contributed by atoms with Crippen LogP contribution < -0.4 is 11.6 Å². The summed E-state index contributed by atoms with van der Waals surface area (Å²) in [5, 5.41) is 3.29. The summed E-state index contributed by atoms with van der Waals surface area (Å²) in [6.07, 6.45) is 0.898. The Kier molecular flexibility index (Phi) is 4.03. The Bertz CT molecular complexity index is 284. The Morgan fingerprint density at radius 1 is 1.43 bits per heavy atom. The van der Waals surface area contributed by atoms with Crippen molar-refractivity contribution in [2.24, 2.45) is 11.6 Å². The van der Waals surface area contributed by atoms with Crippen LogP contribution in [0, 0.1) is 0 Å². The quantitative estimate of drug-likeness (QED) is 0.444. The van der Waals surface area contributed by atoms with E-state index in [1.54, 1.807) is 23.4 Å². The molecule has 1 unspecified atom stereocenters. The number of thiophene rings is 1. The minimum absolute atomic E-state index is 0.157. The van der Waals surface area contributed by atoms with Crippen LogP contribution in [-0.4, -0.2) is 24.2 Å². The lowest BCUT2D eigenvalue weighted by Crippen LogP contribution is -2.46. The van der Waals surface area contributed by atoms with Crippen molar-refractivity contribution in [3.05, 3.63) is 21.9 Å². The molecule has 0 aliphatic heterocycles. The summed E-state index contributed by atoms with van der Waals surface area (Å²) in [5.41, 5.74) is 6.02. The van der Waals surface area contributed by atoms with E-state index in [1.807, 2.05) is 7.05 Å². The molecule has 4 N–H and O–H groups in total. The number of hydrazine groups is 2. The second-order valence-electron chi connectivity index (χ2n) is 3.25. The van der Waals surface area contributed by atoms with Gasteiger partial charge in [0.1, 0.15) is 6.17 Å². The Balaban J connectivity index is 2.73. The van der Waals surface area contributed by atoms with Crippen LogP contribution in [-0.2, 0) is 6.42 Å². The summed E-state index contributed by atoms with van der Waals surface area (Å²) < 4.78 is 0. The maximum atomic E-state index is 6.02. The van der Waals surface area contributed by atoms with Gasteiger partial charge >= 0.3 is 0 Å². The molecule has 80 valence electrons. The van der Waals surface area contributed by atoms with Crippen molar-refractivity contribution < 1.29 is 0 Å². The summed E-state index contributed by atoms with van der Waals surface area (Å²) >= 11 is 1.74. The van der Waals surface area contributed by atoms with E-state index < -0.39 is 0 Å². The van der Waals surface area contributed by atoms with Gasteiger partial charge in [-0.1, -0.05) is 6.92 Å². The molecule has 1 rings (SSSR count). The van der Waals surface area contributed by atoms with Gasteiger partial charge in [0, 0.05) is 23.8 Å². The van der Waals surface area contributed by atoms with Crippen LogP contribution in [0.1, 0.15) is 22.8 Å². The van der Waals surface area contributed by atoms with E-state index in [1.165, 1.54) is 10.00 Å². The molecule has 14 heavy (non-hydrogen) atoms. The van der Waals surface area contributed by atoms with E-state index in [0.29, 0.717) is 0 Å². The fourth-order valence-electron chi connectivity index (χ4n) is 1.12. The van der Waals surface area contributed by atoms with Crippen molar-refractivity contribution in [3.8, 4) is 0 Å². The SMILES string of the molecule is CCc1ccc(C(N)N(C)N(C)N)s1. The van der Waals surface area contributed by atoms with E-state index in [2.05, 4.69) is 19.1 Å². The molecule has 4 nitrogen and oxygen atoms in total. The molecule has 0 radical (unpaired) electrons. The zero-order chi connectivity index (χ0) is 10.7. The van der Waals surface area contributed by atoms with Gasteiger partial charge in [0.05, 0.1) is 0 Å². The third-order valence-corrected chi connectivity index (χ3v) is 3.52. The lowest BCUT2D eigenvalue weighted by Gasteiger charge is -2.28. The van der Waals surface area contributed by atoms with Gasteiger partial charge in [0.2, 0.25) is 0 Å². The van der Waals surface area contributed by atoms with Gasteiger partial charge in [-0.05, 0) is 18.6 Å². The average molecular weight is 214 g/mol. The first-order valence-corrected chi connectivity index (χ1v) is 5.43. The monoisotopic (exact) mass is 214 g/mol. The zero-order valence-electron chi connectivity index (χ0n) is 8.90. The summed E-state index contributed by atoms with van der Waals surface area (Å²) in [6, 6.07) is 4.18. The highest BCUT2D eigenvalue weighted by atomic mass is 32.1. The molecule has 0 aliphatic carbocycles. The summed E-state index contributed by atoms with van der Waals surface area (Å²) in [5.74, 6) is 5.60. The Labute approximate surface area is 89.0 Å². The highest BCUT2D eigenvalue weighted by Crippen LogP contribution is 2.23. The third-order valence-electron chi connectivity index (χ3n) is 2.22. The molecule has 1 atom stereocenters. The van der Waals surface area contributed by atoms with Crippen molar-refractivity contribution in [1.29, 1.82) is 0 Å². The molecule has 0 fully saturated rings. The van der Waals surface area contributed by atoms with E-state index in [4.69, 9.17) is 11.6 Å². The van der Waals surface area contributed by atoms with E-state index >= 15 is 0 Å². The molecule has 0 spiro atoms. The number of nitrogens with two attached hydrogens (primary N) is 2. The summed E-state index contributed by atoms with van der Waals surface area (Å²) in [7, 11) is 3.64. The minimum Gasteiger partial charge on any atom is -0.310 e. The molecule has 0 saturated carbocycles. The van der Waals surface area contributed by atoms with Crippen LogP contribution in [0.25, 0.3) is 0 Å². The highest BCUT2D eigenvalue weighted by molar-refractivity contribution is 7.12. The molecule has 0 aliphatic rings. The van der Waals surface area contributed by atoms with Gasteiger partial charge in [-0.15, -0.1) is 11.3 Å². The Morgan fingerprint density at radius 2 is 2.07 bits per heavy atom. The lowest BCUT2D eigenvalue weighted by atomic mass is 10.3. The van der Waals surface area contributed by atoms with Gasteiger partial charge in [0.25, 0.3) is 0 Å². The van der Waals surface area contributed by atoms with Gasteiger partial charge in [-0.3, -0.25) is 5.84 Å². The molecular formula is C9H18N4S. The minimum atomic E-state index is -0.157. The fraction of sp³-hybridized carbons (Fsp3) is 0.556. The average Bonchev–Trinajstić information content (AvgIpc) is 2.63. The molecule has 1 aromatic rings. The predicted molar refractivity (Wildman–Crippen MR) is 60.3 cm³/mol. The molecule has 0 saturated heterocycles. The normalized spacial score (nSPS) is 13.9. The zero-order valence-corrected chi connectivity index (χ0v) is 9.71. The van der Waals surface area contributed by atoms with E-state index in [0.717, 1.165) is 11.3 Å². The highest BCUT2D eigenvalue weighted by Gasteiger charge is 2.15. The molecule has 0 amide bonds. The standard InChI is InChI=1S/C9H18N4S/c1-4-7-5-6-8(14-7)9(10)12(2)13(3)11/h5-6,9H,4,10-11H2,1-3H3. The second kappa shape index (κ2) is 4.86. The van der Waals surface area contributed by atoms with Gasteiger partial charge in [-0.2, -0.15) is 5.12 Å². The molecule has 5 heteroatoms. The van der Waals surface area contributed by atoms with Crippen molar-refractivity contribution in [3.63, 3.8) is 0 Å². The summed E-state index contributed by atoms with van der Waals surface area (Å²) in [4.78, 5) is 2.49. The predicted octanol–water partition coefficient (Wildman–Crippen LogP) is 0.920. The van der Waals surface area contributed by atoms with E-state index in [9.17, 15) is 0 Å². The van der Waals surface area contributed by atoms with Crippen LogP contribution in [0.3, 0.4) is 0 Å². The number of hydrogen-bond donors (Lipinski definition) is 2. The second-order valence-corrected chi connectivity index (χ2v) is 4.45. The first-order chi connectivity index (χ1) is 6.56. The van der Waals surface area contributed by atoms with Crippen molar-refractivity contribution >= 4 is 11.3 Å². The fourth-order valence-corrected chi connectivity index (χ4v) is 2.12. The van der Waals surface area contributed by atoms with Crippen LogP contribution in [0.4, 0.5) is 0 Å². The first kappa shape index (κ1) is 11.6. The van der Waals surface area contributed by atoms with Crippen molar-refractivity contribution in [2.75, 3.05) is 14.1 Å². The first-order valence-electron chi connectivity index (χ1n) is 4.61. The van der Waals surface area contributed by atoms with Crippen molar-refractivity contribution in [1.82, 2.24) is 10.1 Å². The number of rotatable bonds is 4. The topological polar surface area (TPSA) is 58.5 Å². The maximum absolute atomic E-state index is 6.02. The van der Waals surface area contributed by atoms with Crippen molar-refractivity contribution in [2.45, 2.75) is 19.5 Å². The molecule has 0 bridgehead atoms. The summed E-state index contributed by atoms with van der Waals surface area (Å²) in [6.45, 7) is 2.14. The molecule has 0 aromatic carbocycles. The Hall–Kier alpha value is -0.460. The van der Waals surface area contributed by atoms with Crippen LogP contribution >= 0.6 is 11.3 Å². The van der Waals surface area contributed by atoms with Gasteiger partial charge in [-0.25, -0.2) is 5.01 Å². The number of hydrogen-bond acceptors (Lipinski definition) is 5. The van der Waals surface area contributed by atoms with Gasteiger partial charge < -0.3 is 5.73 Å². The number of aryl methyl sites for hydroxylation is 1. The maximum Gasteiger partial charge on any atom is 0.107 e. The van der Waals surface area contributed by atoms with E-state index in [-0.39, 0.29) is 6.17 Å². The third kappa shape index (κ3) is 2.52.